The van der Waals surface area contributed by atoms with Crippen LogP contribution in [0.4, 0.5) is 18.9 Å². The van der Waals surface area contributed by atoms with Gasteiger partial charge in [-0.3, -0.25) is 4.79 Å². The van der Waals surface area contributed by atoms with E-state index in [0.29, 0.717) is 11.8 Å². The highest BCUT2D eigenvalue weighted by Gasteiger charge is 2.31. The predicted molar refractivity (Wildman–Crippen MR) is 86.4 cm³/mol. The van der Waals surface area contributed by atoms with Crippen molar-refractivity contribution in [3.8, 4) is 0 Å². The van der Waals surface area contributed by atoms with E-state index < -0.39 is 39.1 Å². The molecule has 0 unspecified atom stereocenters. The Kier molecular flexibility index (Phi) is 5.48. The smallest absolute Gasteiger partial charge is 0.325 e. The molecule has 0 aromatic heterocycles. The third-order valence-corrected chi connectivity index (χ3v) is 4.60. The van der Waals surface area contributed by atoms with Crippen LogP contribution in [0, 0.1) is 6.92 Å². The highest BCUT2D eigenvalue weighted by atomic mass is 32.2. The molecule has 5 nitrogen and oxygen atoms in total. The second kappa shape index (κ2) is 7.24. The average molecular weight is 372 g/mol. The van der Waals surface area contributed by atoms with Crippen LogP contribution in [0.3, 0.4) is 0 Å². The Hall–Kier alpha value is -2.39. The Bertz CT molecular complexity index is 880. The van der Waals surface area contributed by atoms with Crippen molar-refractivity contribution < 1.29 is 26.4 Å². The van der Waals surface area contributed by atoms with Crippen LogP contribution in [0.1, 0.15) is 11.1 Å². The summed E-state index contributed by atoms with van der Waals surface area (Å²) in [5.41, 5.74) is 0.310. The van der Waals surface area contributed by atoms with E-state index in [1.165, 1.54) is 0 Å². The van der Waals surface area contributed by atoms with Crippen molar-refractivity contribution in [2.24, 2.45) is 0 Å². The lowest BCUT2D eigenvalue weighted by Gasteiger charge is -2.11. The maximum absolute atomic E-state index is 12.7. The summed E-state index contributed by atoms with van der Waals surface area (Å²) in [6, 6.07) is 10.2. The van der Waals surface area contributed by atoms with Gasteiger partial charge in [0.25, 0.3) is 0 Å². The number of carbonyl (C=O) groups excluding carboxylic acids is 1. The van der Waals surface area contributed by atoms with E-state index in [9.17, 15) is 26.4 Å². The van der Waals surface area contributed by atoms with Gasteiger partial charge in [0.1, 0.15) is 0 Å². The first kappa shape index (κ1) is 18.9. The number of hydrogen-bond donors (Lipinski definition) is 2. The molecule has 0 bridgehead atoms. The SMILES string of the molecule is Cc1cccc(NC(=O)CNS(=O)(=O)c2cccc(C(F)(F)F)c2)c1. The van der Waals surface area contributed by atoms with Crippen molar-refractivity contribution in [2.45, 2.75) is 18.0 Å². The molecule has 134 valence electrons. The van der Waals surface area contributed by atoms with Crippen LogP contribution in [0.25, 0.3) is 0 Å². The summed E-state index contributed by atoms with van der Waals surface area (Å²) >= 11 is 0. The van der Waals surface area contributed by atoms with Crippen molar-refractivity contribution in [3.05, 3.63) is 59.7 Å². The Morgan fingerprint density at radius 1 is 1.08 bits per heavy atom. The topological polar surface area (TPSA) is 75.3 Å². The van der Waals surface area contributed by atoms with Gasteiger partial charge in [-0.15, -0.1) is 0 Å². The lowest BCUT2D eigenvalue weighted by molar-refractivity contribution is -0.137. The second-order valence-electron chi connectivity index (χ2n) is 5.27. The highest BCUT2D eigenvalue weighted by Crippen LogP contribution is 2.30. The fourth-order valence-electron chi connectivity index (χ4n) is 2.01. The van der Waals surface area contributed by atoms with Gasteiger partial charge in [0, 0.05) is 5.69 Å². The Morgan fingerprint density at radius 2 is 1.76 bits per heavy atom. The standard InChI is InChI=1S/C16H15F3N2O3S/c1-11-4-2-6-13(8-11)21-15(22)10-20-25(23,24)14-7-3-5-12(9-14)16(17,18)19/h2-9,20H,10H2,1H3,(H,21,22). The summed E-state index contributed by atoms with van der Waals surface area (Å²) < 4.78 is 64.1. The Labute approximate surface area is 142 Å². The molecule has 1 amide bonds. The molecule has 0 spiro atoms. The number of alkyl halides is 3. The van der Waals surface area contributed by atoms with Crippen LogP contribution < -0.4 is 10.0 Å². The van der Waals surface area contributed by atoms with Crippen molar-refractivity contribution in [2.75, 3.05) is 11.9 Å². The molecule has 2 N–H and O–H groups in total. The van der Waals surface area contributed by atoms with Gasteiger partial charge in [0.2, 0.25) is 15.9 Å². The molecule has 0 saturated heterocycles. The van der Waals surface area contributed by atoms with E-state index in [0.717, 1.165) is 23.8 Å². The van der Waals surface area contributed by atoms with Gasteiger partial charge in [0.15, 0.2) is 0 Å². The first-order valence-electron chi connectivity index (χ1n) is 7.11. The summed E-state index contributed by atoms with van der Waals surface area (Å²) in [7, 11) is -4.25. The lowest BCUT2D eigenvalue weighted by Crippen LogP contribution is -2.33. The van der Waals surface area contributed by atoms with Gasteiger partial charge in [-0.05, 0) is 42.8 Å². The molecule has 25 heavy (non-hydrogen) atoms. The summed E-state index contributed by atoms with van der Waals surface area (Å²) in [4.78, 5) is 11.2. The van der Waals surface area contributed by atoms with Crippen LogP contribution in [-0.4, -0.2) is 20.9 Å². The molecule has 2 aromatic rings. The van der Waals surface area contributed by atoms with Gasteiger partial charge in [0.05, 0.1) is 17.0 Å². The summed E-state index contributed by atoms with van der Waals surface area (Å²) in [6.45, 7) is 1.22. The first-order chi connectivity index (χ1) is 11.6. The Balaban J connectivity index is 2.05. The largest absolute Gasteiger partial charge is 0.416 e. The molecule has 0 atom stereocenters. The minimum Gasteiger partial charge on any atom is -0.325 e. The number of carbonyl (C=O) groups is 1. The van der Waals surface area contributed by atoms with Gasteiger partial charge < -0.3 is 5.32 Å². The maximum atomic E-state index is 12.7. The number of sulfonamides is 1. The van der Waals surface area contributed by atoms with Crippen LogP contribution in [0.5, 0.6) is 0 Å². The molecular weight excluding hydrogens is 357 g/mol. The lowest BCUT2D eigenvalue weighted by atomic mass is 10.2. The van der Waals surface area contributed by atoms with E-state index in [4.69, 9.17) is 0 Å². The second-order valence-corrected chi connectivity index (χ2v) is 7.03. The molecule has 0 aliphatic rings. The number of nitrogens with one attached hydrogen (secondary N) is 2. The molecule has 0 heterocycles. The molecule has 0 aliphatic heterocycles. The van der Waals surface area contributed by atoms with E-state index in [2.05, 4.69) is 5.32 Å². The molecule has 0 fully saturated rings. The van der Waals surface area contributed by atoms with Gasteiger partial charge >= 0.3 is 6.18 Å². The fourth-order valence-corrected chi connectivity index (χ4v) is 3.04. The molecule has 0 aliphatic carbocycles. The Morgan fingerprint density at radius 3 is 2.40 bits per heavy atom. The first-order valence-corrected chi connectivity index (χ1v) is 8.60. The molecule has 0 radical (unpaired) electrons. The zero-order valence-electron chi connectivity index (χ0n) is 13.1. The molecule has 2 rings (SSSR count). The molecule has 9 heteroatoms. The fraction of sp³-hybridized carbons (Fsp3) is 0.188. The number of benzene rings is 2. The van der Waals surface area contributed by atoms with Crippen molar-refractivity contribution in [3.63, 3.8) is 0 Å². The number of halogens is 3. The van der Waals surface area contributed by atoms with Crippen LogP contribution in [0.2, 0.25) is 0 Å². The normalized spacial score (nSPS) is 12.0. The number of amides is 1. The van der Waals surface area contributed by atoms with Crippen molar-refractivity contribution in [1.82, 2.24) is 4.72 Å². The predicted octanol–water partition coefficient (Wildman–Crippen LogP) is 2.93. The van der Waals surface area contributed by atoms with E-state index in [1.807, 2.05) is 17.7 Å². The van der Waals surface area contributed by atoms with E-state index in [1.54, 1.807) is 18.2 Å². The number of hydrogen-bond acceptors (Lipinski definition) is 3. The van der Waals surface area contributed by atoms with Crippen molar-refractivity contribution in [1.29, 1.82) is 0 Å². The summed E-state index contributed by atoms with van der Waals surface area (Å²) in [5, 5.41) is 2.50. The van der Waals surface area contributed by atoms with Crippen LogP contribution in [-0.2, 0) is 21.0 Å². The van der Waals surface area contributed by atoms with Gasteiger partial charge in [-0.25, -0.2) is 13.1 Å². The van der Waals surface area contributed by atoms with Crippen molar-refractivity contribution >= 4 is 21.6 Å². The summed E-state index contributed by atoms with van der Waals surface area (Å²) in [6.07, 6.45) is -4.66. The maximum Gasteiger partial charge on any atom is 0.416 e. The number of aryl methyl sites for hydroxylation is 1. The van der Waals surface area contributed by atoms with Gasteiger partial charge in [-0.2, -0.15) is 13.2 Å². The minimum absolute atomic E-state index is 0.489. The number of anilines is 1. The van der Waals surface area contributed by atoms with Crippen LogP contribution in [0.15, 0.2) is 53.4 Å². The van der Waals surface area contributed by atoms with Crippen LogP contribution >= 0.6 is 0 Å². The van der Waals surface area contributed by atoms with Gasteiger partial charge in [-0.1, -0.05) is 18.2 Å². The molecular formula is C16H15F3N2O3S. The molecule has 0 saturated carbocycles. The third-order valence-electron chi connectivity index (χ3n) is 3.20. The summed E-state index contributed by atoms with van der Waals surface area (Å²) in [5.74, 6) is -0.638. The van der Waals surface area contributed by atoms with E-state index in [-0.39, 0.29) is 0 Å². The average Bonchev–Trinajstić information content (AvgIpc) is 2.52. The highest BCUT2D eigenvalue weighted by molar-refractivity contribution is 7.89. The molecule has 2 aromatic carbocycles. The zero-order valence-corrected chi connectivity index (χ0v) is 13.9. The number of rotatable bonds is 5. The third kappa shape index (κ3) is 5.30. The minimum atomic E-state index is -4.66. The monoisotopic (exact) mass is 372 g/mol. The van der Waals surface area contributed by atoms with E-state index >= 15 is 0 Å². The quantitative estimate of drug-likeness (QED) is 0.847. The zero-order chi connectivity index (χ0) is 18.7.